The first kappa shape index (κ1) is 8.57. The molecule has 0 bridgehead atoms. The summed E-state index contributed by atoms with van der Waals surface area (Å²) in [4.78, 5) is 10.7. The Morgan fingerprint density at radius 2 is 2.36 bits per heavy atom. The van der Waals surface area contributed by atoms with Crippen molar-refractivity contribution in [3.8, 4) is 0 Å². The average Bonchev–Trinajstić information content (AvgIpc) is 2.31. The number of carbonyl (C=O) groups is 1. The van der Waals surface area contributed by atoms with Crippen molar-refractivity contribution in [1.82, 2.24) is 0 Å². The highest BCUT2D eigenvalue weighted by Crippen LogP contribution is 2.20. The van der Waals surface area contributed by atoms with Crippen molar-refractivity contribution in [2.24, 2.45) is 5.92 Å². The van der Waals surface area contributed by atoms with Crippen LogP contribution in [-0.4, -0.2) is 12.1 Å². The highest BCUT2D eigenvalue weighted by Gasteiger charge is 2.22. The van der Waals surface area contributed by atoms with E-state index in [1.165, 1.54) is 0 Å². The van der Waals surface area contributed by atoms with Crippen LogP contribution in [0.1, 0.15) is 39.5 Å². The Labute approximate surface area is 67.9 Å². The smallest absolute Gasteiger partial charge is 0.306 e. The summed E-state index contributed by atoms with van der Waals surface area (Å²) >= 11 is 0. The van der Waals surface area contributed by atoms with E-state index < -0.39 is 0 Å². The van der Waals surface area contributed by atoms with E-state index in [1.807, 2.05) is 0 Å². The highest BCUT2D eigenvalue weighted by atomic mass is 16.5. The van der Waals surface area contributed by atoms with Gasteiger partial charge in [0.2, 0.25) is 0 Å². The molecular formula is C9H16O2. The number of ether oxygens (including phenoxy) is 1. The van der Waals surface area contributed by atoms with E-state index in [1.54, 1.807) is 0 Å². The third-order valence-electron chi connectivity index (χ3n) is 2.03. The molecule has 0 N–H and O–H groups in total. The molecule has 0 amide bonds. The third-order valence-corrected chi connectivity index (χ3v) is 2.03. The van der Waals surface area contributed by atoms with Crippen LogP contribution < -0.4 is 0 Å². The number of rotatable bonds is 3. The molecule has 0 aromatic heterocycles. The molecule has 0 spiro atoms. The standard InChI is InChI=1S/C9H16O2/c1-7(2)3-4-8-5-6-9(10)11-8/h7-8H,3-6H2,1-2H3. The van der Waals surface area contributed by atoms with Crippen molar-refractivity contribution >= 4 is 5.97 Å². The average molecular weight is 156 g/mol. The van der Waals surface area contributed by atoms with Crippen LogP contribution in [-0.2, 0) is 9.53 Å². The Bertz CT molecular complexity index is 140. The van der Waals surface area contributed by atoms with Gasteiger partial charge in [-0.3, -0.25) is 4.79 Å². The Kier molecular flexibility index (Phi) is 2.92. The first-order chi connectivity index (χ1) is 5.18. The Morgan fingerprint density at radius 1 is 1.64 bits per heavy atom. The molecule has 1 fully saturated rings. The summed E-state index contributed by atoms with van der Waals surface area (Å²) in [6.07, 6.45) is 4.00. The second kappa shape index (κ2) is 3.74. The van der Waals surface area contributed by atoms with Crippen molar-refractivity contribution < 1.29 is 9.53 Å². The van der Waals surface area contributed by atoms with Gasteiger partial charge in [0, 0.05) is 6.42 Å². The van der Waals surface area contributed by atoms with Gasteiger partial charge in [-0.2, -0.15) is 0 Å². The summed E-state index contributed by atoms with van der Waals surface area (Å²) in [5.74, 6) is 0.702. The highest BCUT2D eigenvalue weighted by molar-refractivity contribution is 5.71. The predicted octanol–water partition coefficient (Wildman–Crippen LogP) is 2.13. The SMILES string of the molecule is CC(C)CCC1CCC(=O)O1. The first-order valence-corrected chi connectivity index (χ1v) is 4.38. The number of hydrogen-bond donors (Lipinski definition) is 0. The summed E-state index contributed by atoms with van der Waals surface area (Å²) in [5.41, 5.74) is 0. The van der Waals surface area contributed by atoms with E-state index in [0.29, 0.717) is 12.3 Å². The Morgan fingerprint density at radius 3 is 2.82 bits per heavy atom. The van der Waals surface area contributed by atoms with Crippen LogP contribution in [0.3, 0.4) is 0 Å². The van der Waals surface area contributed by atoms with Crippen LogP contribution >= 0.6 is 0 Å². The number of cyclic esters (lactones) is 1. The molecule has 1 aliphatic heterocycles. The second-order valence-corrected chi connectivity index (χ2v) is 3.62. The maximum absolute atomic E-state index is 10.7. The van der Waals surface area contributed by atoms with E-state index in [-0.39, 0.29) is 12.1 Å². The molecule has 0 aromatic rings. The fraction of sp³-hybridized carbons (Fsp3) is 0.889. The van der Waals surface area contributed by atoms with Crippen molar-refractivity contribution in [2.45, 2.75) is 45.6 Å². The number of hydrogen-bond acceptors (Lipinski definition) is 2. The Balaban J connectivity index is 2.13. The Hall–Kier alpha value is -0.530. The van der Waals surface area contributed by atoms with Gasteiger partial charge in [-0.1, -0.05) is 13.8 Å². The zero-order valence-electron chi connectivity index (χ0n) is 7.30. The van der Waals surface area contributed by atoms with Gasteiger partial charge in [-0.05, 0) is 25.2 Å². The van der Waals surface area contributed by atoms with Crippen molar-refractivity contribution in [3.63, 3.8) is 0 Å². The van der Waals surface area contributed by atoms with E-state index in [2.05, 4.69) is 13.8 Å². The lowest BCUT2D eigenvalue weighted by molar-refractivity contribution is -0.141. The van der Waals surface area contributed by atoms with Gasteiger partial charge in [0.25, 0.3) is 0 Å². The van der Waals surface area contributed by atoms with Crippen molar-refractivity contribution in [1.29, 1.82) is 0 Å². The van der Waals surface area contributed by atoms with Gasteiger partial charge >= 0.3 is 5.97 Å². The van der Waals surface area contributed by atoms with Crippen molar-refractivity contribution in [3.05, 3.63) is 0 Å². The van der Waals surface area contributed by atoms with Gasteiger partial charge in [-0.25, -0.2) is 0 Å². The van der Waals surface area contributed by atoms with Gasteiger partial charge in [-0.15, -0.1) is 0 Å². The molecule has 0 saturated carbocycles. The normalized spacial score (nSPS) is 24.3. The third kappa shape index (κ3) is 2.91. The van der Waals surface area contributed by atoms with Gasteiger partial charge in [0.15, 0.2) is 0 Å². The molecule has 0 radical (unpaired) electrons. The molecule has 1 rings (SSSR count). The lowest BCUT2D eigenvalue weighted by Gasteiger charge is -2.09. The maximum atomic E-state index is 10.7. The van der Waals surface area contributed by atoms with Crippen LogP contribution in [0.2, 0.25) is 0 Å². The second-order valence-electron chi connectivity index (χ2n) is 3.62. The fourth-order valence-electron chi connectivity index (χ4n) is 1.31. The minimum Gasteiger partial charge on any atom is -0.462 e. The monoisotopic (exact) mass is 156 g/mol. The molecule has 64 valence electrons. The summed E-state index contributed by atoms with van der Waals surface area (Å²) in [6, 6.07) is 0. The van der Waals surface area contributed by atoms with Gasteiger partial charge in [0.05, 0.1) is 0 Å². The van der Waals surface area contributed by atoms with Crippen LogP contribution in [0.25, 0.3) is 0 Å². The summed E-state index contributed by atoms with van der Waals surface area (Å²) in [7, 11) is 0. The number of esters is 1. The molecule has 11 heavy (non-hydrogen) atoms. The first-order valence-electron chi connectivity index (χ1n) is 4.38. The number of carbonyl (C=O) groups excluding carboxylic acids is 1. The fourth-order valence-corrected chi connectivity index (χ4v) is 1.31. The van der Waals surface area contributed by atoms with Crippen molar-refractivity contribution in [2.75, 3.05) is 0 Å². The molecule has 1 atom stereocenters. The molecule has 0 aliphatic carbocycles. The van der Waals surface area contributed by atoms with Gasteiger partial charge in [0.1, 0.15) is 6.10 Å². The molecule has 2 nitrogen and oxygen atoms in total. The minimum atomic E-state index is -0.0150. The maximum Gasteiger partial charge on any atom is 0.306 e. The minimum absolute atomic E-state index is 0.0150. The zero-order valence-corrected chi connectivity index (χ0v) is 7.30. The van der Waals surface area contributed by atoms with E-state index in [4.69, 9.17) is 4.74 Å². The largest absolute Gasteiger partial charge is 0.462 e. The van der Waals surface area contributed by atoms with E-state index in [0.717, 1.165) is 19.3 Å². The predicted molar refractivity (Wildman–Crippen MR) is 43.2 cm³/mol. The lowest BCUT2D eigenvalue weighted by Crippen LogP contribution is -2.07. The summed E-state index contributed by atoms with van der Waals surface area (Å²) in [6.45, 7) is 4.38. The van der Waals surface area contributed by atoms with Crippen LogP contribution in [0.4, 0.5) is 0 Å². The molecule has 1 unspecified atom stereocenters. The molecule has 2 heteroatoms. The van der Waals surface area contributed by atoms with Crippen LogP contribution in [0.15, 0.2) is 0 Å². The molecule has 1 aliphatic rings. The summed E-state index contributed by atoms with van der Waals surface area (Å²) < 4.78 is 5.07. The molecule has 1 saturated heterocycles. The quantitative estimate of drug-likeness (QED) is 0.585. The summed E-state index contributed by atoms with van der Waals surface area (Å²) in [5, 5.41) is 0. The van der Waals surface area contributed by atoms with E-state index in [9.17, 15) is 4.79 Å². The van der Waals surface area contributed by atoms with Gasteiger partial charge < -0.3 is 4.74 Å². The molecule has 0 aromatic carbocycles. The van der Waals surface area contributed by atoms with Crippen LogP contribution in [0.5, 0.6) is 0 Å². The zero-order chi connectivity index (χ0) is 8.27. The topological polar surface area (TPSA) is 26.3 Å². The van der Waals surface area contributed by atoms with E-state index >= 15 is 0 Å². The lowest BCUT2D eigenvalue weighted by atomic mass is 10.0. The molecule has 1 heterocycles. The van der Waals surface area contributed by atoms with Crippen LogP contribution in [0, 0.1) is 5.92 Å². The molecular weight excluding hydrogens is 140 g/mol.